The van der Waals surface area contributed by atoms with E-state index in [0.29, 0.717) is 44.6 Å². The number of esters is 3. The van der Waals surface area contributed by atoms with Gasteiger partial charge in [0.05, 0.1) is 15.8 Å². The normalized spacial score (nSPS) is 13.6. The number of nitrogens with zero attached hydrogens (tertiary/aromatic N) is 2. The van der Waals surface area contributed by atoms with E-state index in [-0.39, 0.29) is 28.2 Å². The van der Waals surface area contributed by atoms with E-state index in [1.54, 1.807) is 49.4 Å². The van der Waals surface area contributed by atoms with Crippen molar-refractivity contribution in [3.05, 3.63) is 175 Å². The number of carbonyl (C=O) groups is 3. The molecule has 7 rings (SSSR count). The Morgan fingerprint density at radius 1 is 0.714 bits per heavy atom. The molecule has 11 nitrogen and oxygen atoms in total. The average molecular weight is 767 g/mol. The number of hydrogen-bond acceptors (Lipinski definition) is 11. The molecule has 0 spiro atoms. The van der Waals surface area contributed by atoms with Crippen LogP contribution in [-0.4, -0.2) is 22.5 Å². The number of hydrogen-bond donors (Lipinski definition) is 0. The molecule has 1 atom stereocenters. The Kier molecular flexibility index (Phi) is 11.0. The number of thiazole rings is 1. The summed E-state index contributed by atoms with van der Waals surface area (Å²) in [6.07, 6.45) is 1.61. The number of rotatable bonds is 11. The van der Waals surface area contributed by atoms with E-state index < -0.39 is 29.5 Å². The van der Waals surface area contributed by atoms with E-state index >= 15 is 0 Å². The first kappa shape index (κ1) is 37.3. The summed E-state index contributed by atoms with van der Waals surface area (Å²) >= 11 is 1.12. The van der Waals surface area contributed by atoms with Crippen LogP contribution in [0.3, 0.4) is 0 Å². The fourth-order valence-corrected chi connectivity index (χ4v) is 7.10. The van der Waals surface area contributed by atoms with Crippen LogP contribution in [0.15, 0.2) is 148 Å². The summed E-state index contributed by atoms with van der Waals surface area (Å²) in [4.78, 5) is 57.4. The zero-order valence-electron chi connectivity index (χ0n) is 30.5. The number of benzene rings is 5. The number of ether oxygens (including phenoxy) is 5. The first-order valence-corrected chi connectivity index (χ1v) is 18.3. The van der Waals surface area contributed by atoms with Crippen LogP contribution in [0.25, 0.3) is 6.08 Å². The lowest BCUT2D eigenvalue weighted by molar-refractivity contribution is -0.141. The molecule has 0 fully saturated rings. The number of allylic oxidation sites excluding steroid dienone is 1. The van der Waals surface area contributed by atoms with Gasteiger partial charge in [-0.15, -0.1) is 0 Å². The first-order chi connectivity index (χ1) is 27.1. The van der Waals surface area contributed by atoms with Crippen molar-refractivity contribution in [3.63, 3.8) is 0 Å². The van der Waals surface area contributed by atoms with E-state index in [1.807, 2.05) is 78.9 Å². The van der Waals surface area contributed by atoms with E-state index in [0.717, 1.165) is 16.9 Å². The molecule has 5 aromatic carbocycles. The Balaban J connectivity index is 1.38. The van der Waals surface area contributed by atoms with Gasteiger partial charge < -0.3 is 23.7 Å². The molecule has 0 aliphatic carbocycles. The number of aromatic nitrogens is 1. The van der Waals surface area contributed by atoms with Crippen LogP contribution in [0.2, 0.25) is 0 Å². The molecule has 0 radical (unpaired) electrons. The first-order valence-electron chi connectivity index (χ1n) is 17.5. The van der Waals surface area contributed by atoms with Gasteiger partial charge in [0, 0.05) is 25.5 Å². The molecule has 0 saturated heterocycles. The van der Waals surface area contributed by atoms with Crippen LogP contribution in [-0.2, 0) is 25.7 Å². The van der Waals surface area contributed by atoms with Gasteiger partial charge in [-0.1, -0.05) is 84.1 Å². The summed E-state index contributed by atoms with van der Waals surface area (Å²) in [5.41, 5.74) is 1.81. The lowest BCUT2D eigenvalue weighted by Gasteiger charge is -2.26. The van der Waals surface area contributed by atoms with Crippen molar-refractivity contribution in [1.29, 1.82) is 0 Å². The summed E-state index contributed by atoms with van der Waals surface area (Å²) < 4.78 is 30.8. The van der Waals surface area contributed by atoms with Gasteiger partial charge in [-0.25, -0.2) is 9.79 Å². The average Bonchev–Trinajstić information content (AvgIpc) is 3.48. The van der Waals surface area contributed by atoms with E-state index in [4.69, 9.17) is 28.7 Å². The molecule has 2 heterocycles. The molecule has 1 unspecified atom stereocenters. The van der Waals surface area contributed by atoms with Crippen LogP contribution in [0, 0.1) is 0 Å². The van der Waals surface area contributed by atoms with Crippen LogP contribution in [0.4, 0.5) is 0 Å². The molecule has 0 saturated carbocycles. The third-order valence-corrected chi connectivity index (χ3v) is 9.44. The van der Waals surface area contributed by atoms with Crippen molar-refractivity contribution in [3.8, 4) is 34.5 Å². The fraction of sp³-hybridized carbons (Fsp3) is 0.114. The van der Waals surface area contributed by atoms with Gasteiger partial charge in [0.2, 0.25) is 0 Å². The molecule has 6 aromatic rings. The maximum atomic E-state index is 14.6. The van der Waals surface area contributed by atoms with Crippen molar-refractivity contribution < 1.29 is 38.1 Å². The molecule has 1 aliphatic rings. The monoisotopic (exact) mass is 766 g/mol. The molecule has 0 N–H and O–H groups in total. The highest BCUT2D eigenvalue weighted by molar-refractivity contribution is 7.07. The predicted molar refractivity (Wildman–Crippen MR) is 209 cm³/mol. The smallest absolute Gasteiger partial charge is 0.338 e. The third kappa shape index (κ3) is 8.51. The summed E-state index contributed by atoms with van der Waals surface area (Å²) in [7, 11) is 0. The van der Waals surface area contributed by atoms with Crippen molar-refractivity contribution in [1.82, 2.24) is 4.57 Å². The SMILES string of the molecule is CC(=O)Oc1ccc(/C=c2\sc3n(c2=O)C(c2ccc(Oc4ccccc4)cc2Oc2ccccc2)C(C(=O)OCc2ccccc2)=C(C)N=3)cc1OC(C)=O. The lowest BCUT2D eigenvalue weighted by atomic mass is 9.94. The second-order valence-electron chi connectivity index (χ2n) is 12.6. The summed E-state index contributed by atoms with van der Waals surface area (Å²) in [5, 5.41) is 0. The topological polar surface area (TPSA) is 132 Å². The maximum absolute atomic E-state index is 14.6. The van der Waals surface area contributed by atoms with Crippen LogP contribution in [0.1, 0.15) is 43.5 Å². The van der Waals surface area contributed by atoms with Crippen molar-refractivity contribution in [2.75, 3.05) is 0 Å². The Morgan fingerprint density at radius 3 is 2.00 bits per heavy atom. The largest absolute Gasteiger partial charge is 0.457 e. The number of fused-ring (bicyclic) bond motifs is 1. The summed E-state index contributed by atoms with van der Waals surface area (Å²) in [6.45, 7) is 4.16. The lowest BCUT2D eigenvalue weighted by Crippen LogP contribution is -2.40. The second-order valence-corrected chi connectivity index (χ2v) is 13.6. The Morgan fingerprint density at radius 2 is 1.34 bits per heavy atom. The van der Waals surface area contributed by atoms with E-state index in [2.05, 4.69) is 0 Å². The molecular formula is C44H34N2O9S. The highest BCUT2D eigenvalue weighted by Crippen LogP contribution is 2.40. The molecular weight excluding hydrogens is 733 g/mol. The molecule has 0 bridgehead atoms. The molecule has 1 aliphatic heterocycles. The standard InChI is InChI=1S/C44H34N2O9S/c1-27-40(43(50)51-26-30-13-7-4-8-14-30)41(35-21-20-34(54-32-15-9-5-10-16-32)25-37(35)55-33-17-11-6-12-18-33)46-42(49)39(56-44(46)45-27)24-31-19-22-36(52-28(2)47)38(23-31)53-29(3)48/h4-25,41H,26H2,1-3H3/b39-24-. The van der Waals surface area contributed by atoms with Crippen LogP contribution < -0.4 is 33.8 Å². The van der Waals surface area contributed by atoms with Crippen LogP contribution in [0.5, 0.6) is 34.5 Å². The van der Waals surface area contributed by atoms with E-state index in [9.17, 15) is 19.2 Å². The van der Waals surface area contributed by atoms with Gasteiger partial charge in [-0.05, 0) is 72.7 Å². The third-order valence-electron chi connectivity index (χ3n) is 8.46. The quantitative estimate of drug-likeness (QED) is 0.0977. The molecule has 280 valence electrons. The Hall–Kier alpha value is -7.05. The van der Waals surface area contributed by atoms with Crippen molar-refractivity contribution in [2.24, 2.45) is 4.99 Å². The van der Waals surface area contributed by atoms with Gasteiger partial charge in [0.15, 0.2) is 16.3 Å². The zero-order valence-corrected chi connectivity index (χ0v) is 31.3. The Bertz CT molecular complexity index is 2650. The van der Waals surface area contributed by atoms with Gasteiger partial charge in [-0.2, -0.15) is 0 Å². The van der Waals surface area contributed by atoms with Gasteiger partial charge >= 0.3 is 17.9 Å². The summed E-state index contributed by atoms with van der Waals surface area (Å²) in [6, 6.07) is 36.5. The molecule has 1 aromatic heterocycles. The minimum atomic E-state index is -1.04. The van der Waals surface area contributed by atoms with E-state index in [1.165, 1.54) is 30.5 Å². The van der Waals surface area contributed by atoms with Gasteiger partial charge in [-0.3, -0.25) is 19.0 Å². The molecule has 0 amide bonds. The number of carbonyl (C=O) groups excluding carboxylic acids is 3. The second kappa shape index (κ2) is 16.5. The maximum Gasteiger partial charge on any atom is 0.338 e. The molecule has 12 heteroatoms. The minimum Gasteiger partial charge on any atom is -0.457 e. The minimum absolute atomic E-state index is 0.00117. The summed E-state index contributed by atoms with van der Waals surface area (Å²) in [5.74, 6) is 0.112. The van der Waals surface area contributed by atoms with Gasteiger partial charge in [0.1, 0.15) is 35.6 Å². The van der Waals surface area contributed by atoms with Crippen molar-refractivity contribution in [2.45, 2.75) is 33.4 Å². The zero-order chi connectivity index (χ0) is 39.2. The van der Waals surface area contributed by atoms with Crippen molar-refractivity contribution >= 4 is 35.3 Å². The fourth-order valence-electron chi connectivity index (χ4n) is 6.05. The molecule has 56 heavy (non-hydrogen) atoms. The van der Waals surface area contributed by atoms with Gasteiger partial charge in [0.25, 0.3) is 5.56 Å². The predicted octanol–water partition coefficient (Wildman–Crippen LogP) is 7.41. The Labute approximate surface area is 325 Å². The number of para-hydroxylation sites is 2. The van der Waals surface area contributed by atoms with Crippen LogP contribution >= 0.6 is 11.3 Å². The highest BCUT2D eigenvalue weighted by atomic mass is 32.1. The highest BCUT2D eigenvalue weighted by Gasteiger charge is 2.36.